The molecule has 122 valence electrons. The van der Waals surface area contributed by atoms with Gasteiger partial charge in [-0.05, 0) is 25.7 Å². The Morgan fingerprint density at radius 2 is 1.95 bits per heavy atom. The van der Waals surface area contributed by atoms with Crippen molar-refractivity contribution in [3.63, 3.8) is 0 Å². The Morgan fingerprint density at radius 1 is 1.32 bits per heavy atom. The van der Waals surface area contributed by atoms with Crippen molar-refractivity contribution < 1.29 is 32.3 Å². The number of carboxylic acid groups (broad SMARTS) is 1. The fraction of sp³-hybridized carbons (Fsp3) is 0.538. The van der Waals surface area contributed by atoms with E-state index in [0.29, 0.717) is 25.7 Å². The van der Waals surface area contributed by atoms with Crippen molar-refractivity contribution in [3.8, 4) is 0 Å². The quantitative estimate of drug-likeness (QED) is 0.771. The van der Waals surface area contributed by atoms with E-state index in [1.54, 1.807) is 0 Å². The van der Waals surface area contributed by atoms with Crippen molar-refractivity contribution in [2.45, 2.75) is 36.8 Å². The number of carbonyl (C=O) groups excluding carboxylic acids is 1. The topological polar surface area (TPSA) is 123 Å². The van der Waals surface area contributed by atoms with Gasteiger partial charge in [-0.25, -0.2) is 17.9 Å². The number of nitrogens with one attached hydrogen (secondary N) is 1. The van der Waals surface area contributed by atoms with Crippen LogP contribution in [0.25, 0.3) is 0 Å². The van der Waals surface area contributed by atoms with E-state index in [-0.39, 0.29) is 16.7 Å². The first kappa shape index (κ1) is 16.5. The minimum atomic E-state index is -3.89. The number of rotatable bonds is 5. The molecule has 0 atom stereocenters. The van der Waals surface area contributed by atoms with Crippen LogP contribution in [0.1, 0.15) is 36.0 Å². The smallest absolute Gasteiger partial charge is 0.341 e. The molecule has 0 spiro atoms. The predicted molar refractivity (Wildman–Crippen MR) is 73.8 cm³/mol. The van der Waals surface area contributed by atoms with Crippen LogP contribution >= 0.6 is 0 Å². The zero-order valence-corrected chi connectivity index (χ0v) is 12.8. The molecule has 0 saturated heterocycles. The molecule has 1 aliphatic rings. The van der Waals surface area contributed by atoms with Crippen LogP contribution in [0.3, 0.4) is 0 Å². The summed E-state index contributed by atoms with van der Waals surface area (Å²) in [6.07, 6.45) is 2.76. The Hall–Kier alpha value is -1.87. The highest BCUT2D eigenvalue weighted by Crippen LogP contribution is 2.26. The summed E-state index contributed by atoms with van der Waals surface area (Å²) in [6, 6.07) is 0.754. The lowest BCUT2D eigenvalue weighted by atomic mass is 9.87. The molecule has 1 fully saturated rings. The number of carboxylic acids is 1. The van der Waals surface area contributed by atoms with Gasteiger partial charge in [-0.15, -0.1) is 0 Å². The molecule has 0 radical (unpaired) electrons. The second-order valence-electron chi connectivity index (χ2n) is 5.15. The Kier molecular flexibility index (Phi) is 4.87. The Bertz CT molecular complexity index is 656. The molecule has 9 heteroatoms. The highest BCUT2D eigenvalue weighted by Gasteiger charge is 2.30. The summed E-state index contributed by atoms with van der Waals surface area (Å²) in [6.45, 7) is 0. The van der Waals surface area contributed by atoms with Crippen molar-refractivity contribution in [1.29, 1.82) is 0 Å². The van der Waals surface area contributed by atoms with Gasteiger partial charge in [-0.2, -0.15) is 0 Å². The first-order valence-electron chi connectivity index (χ1n) is 6.75. The van der Waals surface area contributed by atoms with E-state index >= 15 is 0 Å². The molecule has 0 amide bonds. The number of sulfonamides is 1. The second-order valence-corrected chi connectivity index (χ2v) is 6.80. The summed E-state index contributed by atoms with van der Waals surface area (Å²) in [7, 11) is -2.71. The van der Waals surface area contributed by atoms with Crippen LogP contribution in [0, 0.1) is 5.92 Å². The van der Waals surface area contributed by atoms with Crippen molar-refractivity contribution in [2.75, 3.05) is 7.11 Å². The Morgan fingerprint density at radius 3 is 2.50 bits per heavy atom. The standard InChI is InChI=1S/C13H17NO7S/c1-20-13(17)9-6-11(21-7-9)22(18,19)14-10-4-2-8(3-5-10)12(15)16/h6-8,10,14H,2-5H2,1H3,(H,15,16). The van der Waals surface area contributed by atoms with Crippen LogP contribution < -0.4 is 4.72 Å². The van der Waals surface area contributed by atoms with Gasteiger partial charge in [0.1, 0.15) is 6.26 Å². The largest absolute Gasteiger partial charge is 0.481 e. The highest BCUT2D eigenvalue weighted by molar-refractivity contribution is 7.89. The molecular weight excluding hydrogens is 314 g/mol. The van der Waals surface area contributed by atoms with Crippen molar-refractivity contribution in [2.24, 2.45) is 5.92 Å². The van der Waals surface area contributed by atoms with Gasteiger partial charge in [0.05, 0.1) is 18.6 Å². The molecule has 2 N–H and O–H groups in total. The zero-order chi connectivity index (χ0) is 16.3. The summed E-state index contributed by atoms with van der Waals surface area (Å²) in [5.74, 6) is -1.96. The molecule has 8 nitrogen and oxygen atoms in total. The molecular formula is C13H17NO7S. The number of hydrogen-bond donors (Lipinski definition) is 2. The number of ether oxygens (including phenoxy) is 1. The number of carbonyl (C=O) groups is 2. The zero-order valence-electron chi connectivity index (χ0n) is 11.9. The van der Waals surface area contributed by atoms with Gasteiger partial charge < -0.3 is 14.3 Å². The van der Waals surface area contributed by atoms with Crippen molar-refractivity contribution >= 4 is 22.0 Å². The fourth-order valence-corrected chi connectivity index (χ4v) is 3.67. The van der Waals surface area contributed by atoms with Gasteiger partial charge in [0.15, 0.2) is 0 Å². The maximum Gasteiger partial charge on any atom is 0.341 e. The summed E-state index contributed by atoms with van der Waals surface area (Å²) in [5.41, 5.74) is 0.0115. The molecule has 1 aromatic heterocycles. The lowest BCUT2D eigenvalue weighted by molar-refractivity contribution is -0.142. The van der Waals surface area contributed by atoms with Gasteiger partial charge >= 0.3 is 11.9 Å². The fourth-order valence-electron chi connectivity index (χ4n) is 2.42. The summed E-state index contributed by atoms with van der Waals surface area (Å²) in [5, 5.41) is 8.55. The molecule has 1 heterocycles. The third kappa shape index (κ3) is 3.66. The van der Waals surface area contributed by atoms with Crippen molar-refractivity contribution in [3.05, 3.63) is 17.9 Å². The molecule has 2 rings (SSSR count). The molecule has 1 aliphatic carbocycles. The van der Waals surface area contributed by atoms with E-state index in [2.05, 4.69) is 9.46 Å². The Balaban J connectivity index is 2.01. The summed E-state index contributed by atoms with van der Waals surface area (Å²) >= 11 is 0. The van der Waals surface area contributed by atoms with Crippen LogP contribution in [-0.2, 0) is 19.6 Å². The maximum atomic E-state index is 12.2. The van der Waals surface area contributed by atoms with E-state index in [1.807, 2.05) is 0 Å². The van der Waals surface area contributed by atoms with Gasteiger partial charge in [-0.1, -0.05) is 0 Å². The van der Waals surface area contributed by atoms with E-state index in [1.165, 1.54) is 7.11 Å². The average Bonchev–Trinajstić information content (AvgIpc) is 2.97. The highest BCUT2D eigenvalue weighted by atomic mass is 32.2. The number of methoxy groups -OCH3 is 1. The number of hydrogen-bond acceptors (Lipinski definition) is 6. The van der Waals surface area contributed by atoms with Crippen LogP contribution in [0.2, 0.25) is 0 Å². The lowest BCUT2D eigenvalue weighted by Crippen LogP contribution is -2.38. The molecule has 22 heavy (non-hydrogen) atoms. The van der Waals surface area contributed by atoms with E-state index in [4.69, 9.17) is 9.52 Å². The third-order valence-electron chi connectivity index (χ3n) is 3.66. The van der Waals surface area contributed by atoms with Gasteiger partial charge in [0.25, 0.3) is 10.0 Å². The lowest BCUT2D eigenvalue weighted by Gasteiger charge is -2.26. The first-order valence-corrected chi connectivity index (χ1v) is 8.24. The second kappa shape index (κ2) is 6.49. The van der Waals surface area contributed by atoms with Gasteiger partial charge in [0.2, 0.25) is 5.09 Å². The normalized spacial score (nSPS) is 22.2. The molecule has 0 aromatic carbocycles. The van der Waals surface area contributed by atoms with E-state index < -0.39 is 27.9 Å². The third-order valence-corrected chi connectivity index (χ3v) is 5.05. The monoisotopic (exact) mass is 331 g/mol. The predicted octanol–water partition coefficient (Wildman–Crippen LogP) is 0.988. The number of esters is 1. The van der Waals surface area contributed by atoms with Crippen LogP contribution in [0.4, 0.5) is 0 Å². The minimum absolute atomic E-state index is 0.0115. The first-order chi connectivity index (χ1) is 10.3. The SMILES string of the molecule is COC(=O)c1coc(S(=O)(=O)NC2CCC(C(=O)O)CC2)c1. The minimum Gasteiger partial charge on any atom is -0.481 e. The molecule has 0 unspecified atom stereocenters. The van der Waals surface area contributed by atoms with Gasteiger partial charge in [-0.3, -0.25) is 4.79 Å². The number of aliphatic carboxylic acids is 1. The van der Waals surface area contributed by atoms with E-state index in [0.717, 1.165) is 12.3 Å². The maximum absolute atomic E-state index is 12.2. The molecule has 0 aliphatic heterocycles. The van der Waals surface area contributed by atoms with Crippen LogP contribution in [0.5, 0.6) is 0 Å². The average molecular weight is 331 g/mol. The summed E-state index contributed by atoms with van der Waals surface area (Å²) < 4.78 is 36.2. The Labute approximate surface area is 127 Å². The molecule has 0 bridgehead atoms. The van der Waals surface area contributed by atoms with E-state index in [9.17, 15) is 18.0 Å². The van der Waals surface area contributed by atoms with Crippen LogP contribution in [0.15, 0.2) is 21.8 Å². The molecule has 1 aromatic rings. The van der Waals surface area contributed by atoms with Crippen molar-refractivity contribution in [1.82, 2.24) is 4.72 Å². The number of furan rings is 1. The van der Waals surface area contributed by atoms with Gasteiger partial charge in [0, 0.05) is 12.1 Å². The van der Waals surface area contributed by atoms with Crippen LogP contribution in [-0.4, -0.2) is 38.6 Å². The molecule has 1 saturated carbocycles. The summed E-state index contributed by atoms with van der Waals surface area (Å²) in [4.78, 5) is 22.2.